The van der Waals surface area contributed by atoms with Gasteiger partial charge in [-0.05, 0) is 44.9 Å². The fraction of sp³-hybridized carbons (Fsp3) is 0.625. The molecular formula is C16H28N2. The third-order valence-corrected chi connectivity index (χ3v) is 3.13. The van der Waals surface area contributed by atoms with Crippen LogP contribution < -0.4 is 10.2 Å². The molecule has 1 aromatic rings. The predicted molar refractivity (Wildman–Crippen MR) is 81.2 cm³/mol. The first-order valence-corrected chi connectivity index (χ1v) is 7.25. The molecule has 102 valence electrons. The van der Waals surface area contributed by atoms with Crippen molar-refractivity contribution >= 4 is 5.69 Å². The Morgan fingerprint density at radius 2 is 1.83 bits per heavy atom. The summed E-state index contributed by atoms with van der Waals surface area (Å²) in [6, 6.07) is 9.32. The Hall–Kier alpha value is -1.02. The van der Waals surface area contributed by atoms with Crippen molar-refractivity contribution in [3.63, 3.8) is 0 Å². The maximum Gasteiger partial charge on any atom is 0.0414 e. The lowest BCUT2D eigenvalue weighted by Crippen LogP contribution is -2.32. The molecule has 0 heterocycles. The maximum absolute atomic E-state index is 3.50. The average molecular weight is 248 g/mol. The fourth-order valence-electron chi connectivity index (χ4n) is 2.24. The number of para-hydroxylation sites is 1. The number of benzene rings is 1. The van der Waals surface area contributed by atoms with Crippen molar-refractivity contribution in [3.8, 4) is 0 Å². The van der Waals surface area contributed by atoms with E-state index >= 15 is 0 Å². The van der Waals surface area contributed by atoms with E-state index < -0.39 is 0 Å². The molecule has 2 nitrogen and oxygen atoms in total. The standard InChI is InChI=1S/C16H28N2/c1-5-11-17-13-15-9-7-8-10-16(15)18(12-6-2)14(3)4/h7-10,14,17H,5-6,11-13H2,1-4H3. The zero-order valence-electron chi connectivity index (χ0n) is 12.4. The average Bonchev–Trinajstić information content (AvgIpc) is 2.37. The van der Waals surface area contributed by atoms with Crippen LogP contribution in [-0.2, 0) is 6.54 Å². The number of hydrogen-bond acceptors (Lipinski definition) is 2. The second-order valence-corrected chi connectivity index (χ2v) is 5.09. The Kier molecular flexibility index (Phi) is 6.81. The minimum Gasteiger partial charge on any atom is -0.369 e. The highest BCUT2D eigenvalue weighted by Gasteiger charge is 2.12. The largest absolute Gasteiger partial charge is 0.369 e. The Balaban J connectivity index is 2.84. The first-order chi connectivity index (χ1) is 8.70. The summed E-state index contributed by atoms with van der Waals surface area (Å²) in [6.45, 7) is 12.2. The molecule has 0 radical (unpaired) electrons. The van der Waals surface area contributed by atoms with Crippen LogP contribution in [0.5, 0.6) is 0 Å². The van der Waals surface area contributed by atoms with Gasteiger partial charge in [0.15, 0.2) is 0 Å². The van der Waals surface area contributed by atoms with Crippen LogP contribution in [0.3, 0.4) is 0 Å². The molecule has 0 unspecified atom stereocenters. The van der Waals surface area contributed by atoms with Crippen molar-refractivity contribution in [1.82, 2.24) is 5.32 Å². The molecule has 0 aromatic heterocycles. The first kappa shape index (κ1) is 15.0. The lowest BCUT2D eigenvalue weighted by molar-refractivity contribution is 0.649. The highest BCUT2D eigenvalue weighted by Crippen LogP contribution is 2.22. The van der Waals surface area contributed by atoms with E-state index in [1.165, 1.54) is 24.1 Å². The van der Waals surface area contributed by atoms with Gasteiger partial charge in [0.2, 0.25) is 0 Å². The summed E-state index contributed by atoms with van der Waals surface area (Å²) in [5, 5.41) is 3.50. The van der Waals surface area contributed by atoms with Crippen LogP contribution in [0.2, 0.25) is 0 Å². The molecule has 18 heavy (non-hydrogen) atoms. The van der Waals surface area contributed by atoms with Crippen molar-refractivity contribution in [2.75, 3.05) is 18.0 Å². The van der Waals surface area contributed by atoms with Crippen LogP contribution in [-0.4, -0.2) is 19.1 Å². The molecule has 0 aliphatic carbocycles. The van der Waals surface area contributed by atoms with Gasteiger partial charge < -0.3 is 10.2 Å². The molecule has 0 saturated heterocycles. The summed E-state index contributed by atoms with van der Waals surface area (Å²) in [5.74, 6) is 0. The topological polar surface area (TPSA) is 15.3 Å². The molecule has 1 aromatic carbocycles. The maximum atomic E-state index is 3.50. The Morgan fingerprint density at radius 1 is 1.11 bits per heavy atom. The lowest BCUT2D eigenvalue weighted by atomic mass is 10.1. The third kappa shape index (κ3) is 4.34. The van der Waals surface area contributed by atoms with Crippen molar-refractivity contribution < 1.29 is 0 Å². The zero-order valence-corrected chi connectivity index (χ0v) is 12.4. The third-order valence-electron chi connectivity index (χ3n) is 3.13. The molecule has 0 aliphatic rings. The summed E-state index contributed by atoms with van der Waals surface area (Å²) in [6.07, 6.45) is 2.37. The van der Waals surface area contributed by atoms with E-state index in [0.717, 1.165) is 19.6 Å². The van der Waals surface area contributed by atoms with Crippen molar-refractivity contribution in [2.24, 2.45) is 0 Å². The van der Waals surface area contributed by atoms with Crippen LogP contribution >= 0.6 is 0 Å². The highest BCUT2D eigenvalue weighted by atomic mass is 15.2. The molecule has 1 N–H and O–H groups in total. The van der Waals surface area contributed by atoms with E-state index in [-0.39, 0.29) is 0 Å². The summed E-state index contributed by atoms with van der Waals surface area (Å²) in [7, 11) is 0. The Morgan fingerprint density at radius 3 is 2.44 bits per heavy atom. The van der Waals surface area contributed by atoms with E-state index in [0.29, 0.717) is 6.04 Å². The predicted octanol–water partition coefficient (Wildman–Crippen LogP) is 3.81. The monoisotopic (exact) mass is 248 g/mol. The summed E-state index contributed by atoms with van der Waals surface area (Å²) >= 11 is 0. The van der Waals surface area contributed by atoms with Crippen LogP contribution in [0, 0.1) is 0 Å². The minimum atomic E-state index is 0.553. The van der Waals surface area contributed by atoms with Crippen LogP contribution in [0.15, 0.2) is 24.3 Å². The first-order valence-electron chi connectivity index (χ1n) is 7.25. The van der Waals surface area contributed by atoms with Gasteiger partial charge in [-0.3, -0.25) is 0 Å². The van der Waals surface area contributed by atoms with E-state index in [1.807, 2.05) is 0 Å². The number of nitrogens with zero attached hydrogens (tertiary/aromatic N) is 1. The number of anilines is 1. The Labute approximate surface area is 112 Å². The van der Waals surface area contributed by atoms with E-state index in [9.17, 15) is 0 Å². The molecule has 0 spiro atoms. The van der Waals surface area contributed by atoms with Crippen LogP contribution in [0.25, 0.3) is 0 Å². The van der Waals surface area contributed by atoms with Gasteiger partial charge in [-0.2, -0.15) is 0 Å². The van der Waals surface area contributed by atoms with Gasteiger partial charge in [-0.1, -0.05) is 32.0 Å². The Bertz CT molecular complexity index is 334. The minimum absolute atomic E-state index is 0.553. The molecule has 0 atom stereocenters. The van der Waals surface area contributed by atoms with Gasteiger partial charge in [0, 0.05) is 24.8 Å². The normalized spacial score (nSPS) is 10.9. The zero-order chi connectivity index (χ0) is 13.4. The SMILES string of the molecule is CCCNCc1ccccc1N(CCC)C(C)C. The highest BCUT2D eigenvalue weighted by molar-refractivity contribution is 5.54. The molecule has 2 heteroatoms. The quantitative estimate of drug-likeness (QED) is 0.704. The van der Waals surface area contributed by atoms with Gasteiger partial charge in [-0.15, -0.1) is 0 Å². The molecule has 1 rings (SSSR count). The van der Waals surface area contributed by atoms with E-state index in [1.54, 1.807) is 0 Å². The van der Waals surface area contributed by atoms with Gasteiger partial charge in [0.25, 0.3) is 0 Å². The summed E-state index contributed by atoms with van der Waals surface area (Å²) < 4.78 is 0. The van der Waals surface area contributed by atoms with Gasteiger partial charge in [0.05, 0.1) is 0 Å². The second-order valence-electron chi connectivity index (χ2n) is 5.09. The lowest BCUT2D eigenvalue weighted by Gasteiger charge is -2.30. The molecule has 0 aliphatic heterocycles. The number of rotatable bonds is 8. The summed E-state index contributed by atoms with van der Waals surface area (Å²) in [5.41, 5.74) is 2.80. The van der Waals surface area contributed by atoms with E-state index in [4.69, 9.17) is 0 Å². The molecular weight excluding hydrogens is 220 g/mol. The number of hydrogen-bond donors (Lipinski definition) is 1. The van der Waals surface area contributed by atoms with Crippen molar-refractivity contribution in [1.29, 1.82) is 0 Å². The molecule has 0 amide bonds. The van der Waals surface area contributed by atoms with Crippen LogP contribution in [0.1, 0.15) is 46.1 Å². The summed E-state index contributed by atoms with van der Waals surface area (Å²) in [4.78, 5) is 2.50. The van der Waals surface area contributed by atoms with Gasteiger partial charge in [-0.25, -0.2) is 0 Å². The van der Waals surface area contributed by atoms with E-state index in [2.05, 4.69) is 62.2 Å². The second kappa shape index (κ2) is 8.15. The van der Waals surface area contributed by atoms with Crippen LogP contribution in [0.4, 0.5) is 5.69 Å². The fourth-order valence-corrected chi connectivity index (χ4v) is 2.24. The van der Waals surface area contributed by atoms with Crippen molar-refractivity contribution in [2.45, 2.75) is 53.1 Å². The number of nitrogens with one attached hydrogen (secondary N) is 1. The molecule has 0 fully saturated rings. The van der Waals surface area contributed by atoms with Gasteiger partial charge >= 0.3 is 0 Å². The molecule has 0 saturated carbocycles. The van der Waals surface area contributed by atoms with Gasteiger partial charge in [0.1, 0.15) is 0 Å². The molecule has 0 bridgehead atoms. The van der Waals surface area contributed by atoms with Crippen molar-refractivity contribution in [3.05, 3.63) is 29.8 Å². The smallest absolute Gasteiger partial charge is 0.0414 e.